The molecule has 2 heterocycles. The van der Waals surface area contributed by atoms with Crippen LogP contribution in [0.3, 0.4) is 0 Å². The van der Waals surface area contributed by atoms with Gasteiger partial charge in [0.05, 0.1) is 22.2 Å². The highest BCUT2D eigenvalue weighted by molar-refractivity contribution is 5.90. The number of allylic oxidation sites excluding steroid dienone is 1. The Kier molecular flexibility index (Phi) is 4.70. The Labute approximate surface area is 170 Å². The smallest absolute Gasteiger partial charge is 0.337 e. The predicted octanol–water partition coefficient (Wildman–Crippen LogP) is 6.05. The molecule has 30 heavy (non-hydrogen) atoms. The number of benzene rings is 2. The van der Waals surface area contributed by atoms with Crippen LogP contribution in [0, 0.1) is 25.2 Å². The summed E-state index contributed by atoms with van der Waals surface area (Å²) in [6.45, 7) is 3.63. The first-order valence-corrected chi connectivity index (χ1v) is 9.21. The number of hydrogen-bond acceptors (Lipinski definition) is 2. The number of alkyl halides is 3. The predicted molar refractivity (Wildman–Crippen MR) is 110 cm³/mol. The molecule has 0 radical (unpaired) electrons. The first kappa shape index (κ1) is 19.5. The van der Waals surface area contributed by atoms with Gasteiger partial charge >= 0.3 is 6.18 Å². The van der Waals surface area contributed by atoms with Crippen LogP contribution in [0.25, 0.3) is 28.4 Å². The number of aryl methyl sites for hydroxylation is 1. The van der Waals surface area contributed by atoms with E-state index in [2.05, 4.69) is 16.0 Å². The largest absolute Gasteiger partial charge is 0.416 e. The zero-order chi connectivity index (χ0) is 21.5. The van der Waals surface area contributed by atoms with E-state index in [0.29, 0.717) is 17.1 Å². The molecule has 7 heteroatoms. The molecule has 0 spiro atoms. The lowest BCUT2D eigenvalue weighted by atomic mass is 10.1. The second kappa shape index (κ2) is 7.23. The van der Waals surface area contributed by atoms with E-state index in [9.17, 15) is 18.4 Å². The second-order valence-corrected chi connectivity index (χ2v) is 6.98. The van der Waals surface area contributed by atoms with E-state index in [1.807, 2.05) is 44.2 Å². The van der Waals surface area contributed by atoms with Gasteiger partial charge in [0.2, 0.25) is 0 Å². The van der Waals surface area contributed by atoms with Crippen LogP contribution >= 0.6 is 0 Å². The number of hydrogen-bond donors (Lipinski definition) is 1. The van der Waals surface area contributed by atoms with Gasteiger partial charge in [-0.15, -0.1) is 0 Å². The van der Waals surface area contributed by atoms with Gasteiger partial charge in [-0.05, 0) is 61.9 Å². The summed E-state index contributed by atoms with van der Waals surface area (Å²) in [4.78, 5) is 7.59. The molecule has 0 saturated carbocycles. The fourth-order valence-electron chi connectivity index (χ4n) is 3.54. The maximum absolute atomic E-state index is 13.1. The Morgan fingerprint density at radius 2 is 1.87 bits per heavy atom. The van der Waals surface area contributed by atoms with Crippen molar-refractivity contribution >= 4 is 22.7 Å². The van der Waals surface area contributed by atoms with Gasteiger partial charge in [0.25, 0.3) is 0 Å². The highest BCUT2D eigenvalue weighted by Gasteiger charge is 2.30. The molecule has 150 valence electrons. The van der Waals surface area contributed by atoms with Gasteiger partial charge in [-0.25, -0.2) is 4.98 Å². The van der Waals surface area contributed by atoms with Crippen molar-refractivity contribution in [3.63, 3.8) is 0 Å². The second-order valence-electron chi connectivity index (χ2n) is 6.98. The lowest BCUT2D eigenvalue weighted by molar-refractivity contribution is -0.137. The molecule has 2 aromatic carbocycles. The summed E-state index contributed by atoms with van der Waals surface area (Å²) >= 11 is 0. The van der Waals surface area contributed by atoms with Gasteiger partial charge in [0.15, 0.2) is 0 Å². The van der Waals surface area contributed by atoms with Crippen LogP contribution in [0.15, 0.2) is 54.6 Å². The Morgan fingerprint density at radius 3 is 2.57 bits per heavy atom. The van der Waals surface area contributed by atoms with Crippen LogP contribution in [0.5, 0.6) is 0 Å². The fraction of sp³-hybridized carbons (Fsp3) is 0.130. The Bertz CT molecular complexity index is 1280. The average Bonchev–Trinajstić information content (AvgIpc) is 3.26. The molecular weight excluding hydrogens is 389 g/mol. The Balaban J connectivity index is 1.79. The van der Waals surface area contributed by atoms with E-state index in [4.69, 9.17) is 0 Å². The lowest BCUT2D eigenvalue weighted by Gasteiger charge is -2.13. The maximum Gasteiger partial charge on any atom is 0.416 e. The summed E-state index contributed by atoms with van der Waals surface area (Å²) in [5, 5.41) is 9.67. The van der Waals surface area contributed by atoms with Crippen LogP contribution < -0.4 is 0 Å². The van der Waals surface area contributed by atoms with Crippen LogP contribution in [0.2, 0.25) is 0 Å². The van der Waals surface area contributed by atoms with Crippen molar-refractivity contribution in [2.24, 2.45) is 0 Å². The van der Waals surface area contributed by atoms with Crippen molar-refractivity contribution in [1.29, 1.82) is 5.26 Å². The molecule has 0 saturated heterocycles. The number of nitriles is 1. The normalized spacial score (nSPS) is 12.3. The number of fused-ring (bicyclic) bond motifs is 1. The Hall–Kier alpha value is -3.79. The van der Waals surface area contributed by atoms with E-state index in [-0.39, 0.29) is 0 Å². The summed E-state index contributed by atoms with van der Waals surface area (Å²) in [6, 6.07) is 16.7. The zero-order valence-electron chi connectivity index (χ0n) is 16.2. The molecule has 4 nitrogen and oxygen atoms in total. The molecule has 1 N–H and O–H groups in total. The zero-order valence-corrected chi connectivity index (χ0v) is 16.2. The van der Waals surface area contributed by atoms with E-state index in [0.717, 1.165) is 40.1 Å². The van der Waals surface area contributed by atoms with E-state index in [1.54, 1.807) is 16.7 Å². The number of aromatic amines is 1. The molecule has 0 amide bonds. The van der Waals surface area contributed by atoms with Crippen LogP contribution in [0.4, 0.5) is 13.2 Å². The SMILES string of the molecule is Cc1cc(C=C(C#N)c2nc3ccccc3[nH]2)c(C)n1-c1cccc(C(F)(F)F)c1. The number of aromatic nitrogens is 3. The summed E-state index contributed by atoms with van der Waals surface area (Å²) in [6.07, 6.45) is -2.72. The van der Waals surface area contributed by atoms with E-state index < -0.39 is 11.7 Å². The molecule has 0 aliphatic heterocycles. The van der Waals surface area contributed by atoms with Gasteiger partial charge in [0, 0.05) is 17.1 Å². The van der Waals surface area contributed by atoms with Crippen LogP contribution in [-0.4, -0.2) is 14.5 Å². The van der Waals surface area contributed by atoms with Gasteiger partial charge < -0.3 is 9.55 Å². The van der Waals surface area contributed by atoms with E-state index >= 15 is 0 Å². The summed E-state index contributed by atoms with van der Waals surface area (Å²) in [5.74, 6) is 0.447. The molecule has 0 fully saturated rings. The van der Waals surface area contributed by atoms with Crippen molar-refractivity contribution < 1.29 is 13.2 Å². The standard InChI is InChI=1S/C23H17F3N4/c1-14-10-16(11-17(13-27)22-28-20-8-3-4-9-21(20)29-22)15(2)30(14)19-7-5-6-18(12-19)23(24,25)26/h3-12H,1-2H3,(H,28,29). The van der Waals surface area contributed by atoms with Crippen molar-refractivity contribution in [1.82, 2.24) is 14.5 Å². The minimum Gasteiger partial charge on any atom is -0.337 e. The van der Waals surface area contributed by atoms with Crippen molar-refractivity contribution in [2.45, 2.75) is 20.0 Å². The molecule has 0 atom stereocenters. The first-order chi connectivity index (χ1) is 14.3. The minimum absolute atomic E-state index is 0.343. The van der Waals surface area contributed by atoms with Crippen molar-refractivity contribution in [3.05, 3.63) is 82.9 Å². The van der Waals surface area contributed by atoms with Crippen LogP contribution in [0.1, 0.15) is 28.3 Å². The number of H-pyrrole nitrogens is 1. The third-order valence-electron chi connectivity index (χ3n) is 4.97. The molecule has 0 unspecified atom stereocenters. The molecular formula is C23H17F3N4. The number of nitrogens with zero attached hydrogens (tertiary/aromatic N) is 3. The number of nitrogens with one attached hydrogen (secondary N) is 1. The molecule has 0 aliphatic carbocycles. The highest BCUT2D eigenvalue weighted by Crippen LogP contribution is 2.32. The number of halogens is 3. The molecule has 4 aromatic rings. The number of imidazole rings is 1. The summed E-state index contributed by atoms with van der Waals surface area (Å²) in [5.41, 5.74) is 3.87. The molecule has 0 aliphatic rings. The first-order valence-electron chi connectivity index (χ1n) is 9.21. The summed E-state index contributed by atoms with van der Waals surface area (Å²) < 4.78 is 41.1. The minimum atomic E-state index is -4.41. The summed E-state index contributed by atoms with van der Waals surface area (Å²) in [7, 11) is 0. The third kappa shape index (κ3) is 3.48. The topological polar surface area (TPSA) is 57.4 Å². The van der Waals surface area contributed by atoms with E-state index in [1.165, 1.54) is 6.07 Å². The molecule has 4 rings (SSSR count). The monoisotopic (exact) mass is 406 g/mol. The number of para-hydroxylation sites is 2. The van der Waals surface area contributed by atoms with Gasteiger partial charge in [0.1, 0.15) is 11.9 Å². The maximum atomic E-state index is 13.1. The average molecular weight is 406 g/mol. The van der Waals surface area contributed by atoms with Gasteiger partial charge in [-0.2, -0.15) is 18.4 Å². The Morgan fingerprint density at radius 1 is 1.10 bits per heavy atom. The van der Waals surface area contributed by atoms with Crippen LogP contribution in [-0.2, 0) is 6.18 Å². The molecule has 0 bridgehead atoms. The van der Waals surface area contributed by atoms with Crippen molar-refractivity contribution in [2.75, 3.05) is 0 Å². The number of rotatable bonds is 3. The third-order valence-corrected chi connectivity index (χ3v) is 4.97. The van der Waals surface area contributed by atoms with Gasteiger partial charge in [-0.1, -0.05) is 18.2 Å². The quantitative estimate of drug-likeness (QED) is 0.421. The van der Waals surface area contributed by atoms with Gasteiger partial charge in [-0.3, -0.25) is 0 Å². The lowest BCUT2D eigenvalue weighted by Crippen LogP contribution is -2.07. The fourth-order valence-corrected chi connectivity index (χ4v) is 3.54. The molecule has 2 aromatic heterocycles. The van der Waals surface area contributed by atoms with Crippen molar-refractivity contribution in [3.8, 4) is 11.8 Å². The highest BCUT2D eigenvalue weighted by atomic mass is 19.4.